The summed E-state index contributed by atoms with van der Waals surface area (Å²) in [5, 5.41) is 0. The maximum absolute atomic E-state index is 12.0. The van der Waals surface area contributed by atoms with Crippen LogP contribution in [0.25, 0.3) is 0 Å². The summed E-state index contributed by atoms with van der Waals surface area (Å²) < 4.78 is 17.0. The van der Waals surface area contributed by atoms with E-state index in [1.807, 2.05) is 6.07 Å². The highest BCUT2D eigenvalue weighted by molar-refractivity contribution is 5.73. The molecule has 64 valence electrons. The molecule has 0 spiro atoms. The Morgan fingerprint density at radius 2 is 2.00 bits per heavy atom. The maximum atomic E-state index is 12.0. The predicted octanol–water partition coefficient (Wildman–Crippen LogP) is 1.95. The quantitative estimate of drug-likeness (QED) is 0.645. The van der Waals surface area contributed by atoms with Gasteiger partial charge in [-0.3, -0.25) is 4.79 Å². The number of halogens is 1. The highest BCUT2D eigenvalue weighted by Crippen LogP contribution is 2.10. The molecule has 0 saturated carbocycles. The molecule has 1 atom stereocenters. The molecule has 1 aromatic carbocycles. The van der Waals surface area contributed by atoms with Gasteiger partial charge in [0.1, 0.15) is 5.75 Å². The van der Waals surface area contributed by atoms with Crippen LogP contribution in [0.3, 0.4) is 0 Å². The first-order valence-corrected chi connectivity index (χ1v) is 3.61. The lowest BCUT2D eigenvalue weighted by Gasteiger charge is -2.08. The van der Waals surface area contributed by atoms with Gasteiger partial charge in [0.15, 0.2) is 6.10 Å². The number of carbonyl (C=O) groups excluding carboxylic acids is 1. The zero-order chi connectivity index (χ0) is 8.97. The van der Waals surface area contributed by atoms with Crippen molar-refractivity contribution in [3.05, 3.63) is 30.3 Å². The normalized spacial score (nSPS) is 12.2. The minimum atomic E-state index is -1.46. The third kappa shape index (κ3) is 2.34. The molecule has 0 aromatic heterocycles. The van der Waals surface area contributed by atoms with Crippen LogP contribution in [0.4, 0.5) is 4.39 Å². The largest absolute Gasteiger partial charge is 0.480 e. The molecule has 0 heterocycles. The maximum Gasteiger partial charge on any atom is 0.341 e. The Bertz CT molecular complexity index is 258. The van der Waals surface area contributed by atoms with Gasteiger partial charge >= 0.3 is 6.04 Å². The third-order valence-electron chi connectivity index (χ3n) is 1.38. The lowest BCUT2D eigenvalue weighted by molar-refractivity contribution is -0.135. The van der Waals surface area contributed by atoms with Crippen LogP contribution in [0, 0.1) is 0 Å². The molecular formula is C9H9FO2. The number of hydrogen-bond acceptors (Lipinski definition) is 2. The van der Waals surface area contributed by atoms with Gasteiger partial charge in [0, 0.05) is 0 Å². The third-order valence-corrected chi connectivity index (χ3v) is 1.38. The molecule has 0 radical (unpaired) electrons. The molecule has 0 aliphatic carbocycles. The number of ether oxygens (including phenoxy) is 1. The lowest BCUT2D eigenvalue weighted by atomic mass is 10.3. The van der Waals surface area contributed by atoms with E-state index in [2.05, 4.69) is 0 Å². The molecule has 3 heteroatoms. The molecule has 1 unspecified atom stereocenters. The fraction of sp³-hybridized carbons (Fsp3) is 0.222. The van der Waals surface area contributed by atoms with Crippen LogP contribution in [-0.2, 0) is 4.79 Å². The standard InChI is InChI=1S/C9H9FO2/c1-7(9(10)11)12-8-5-3-2-4-6-8/h2-7H,1H3. The molecule has 2 nitrogen and oxygen atoms in total. The Labute approximate surface area is 70.0 Å². The molecule has 0 aliphatic rings. The van der Waals surface area contributed by atoms with E-state index >= 15 is 0 Å². The van der Waals surface area contributed by atoms with Gasteiger partial charge in [-0.25, -0.2) is 0 Å². The summed E-state index contributed by atoms with van der Waals surface area (Å²) in [5.41, 5.74) is 0. The highest BCUT2D eigenvalue weighted by atomic mass is 19.1. The molecule has 0 amide bonds. The van der Waals surface area contributed by atoms with Gasteiger partial charge in [-0.2, -0.15) is 4.39 Å². The Morgan fingerprint density at radius 3 is 2.50 bits per heavy atom. The van der Waals surface area contributed by atoms with Crippen molar-refractivity contribution in [1.29, 1.82) is 0 Å². The first kappa shape index (κ1) is 8.71. The van der Waals surface area contributed by atoms with E-state index in [9.17, 15) is 9.18 Å². The molecule has 1 rings (SSSR count). The molecule has 1 aromatic rings. The van der Waals surface area contributed by atoms with Crippen molar-refractivity contribution < 1.29 is 13.9 Å². The van der Waals surface area contributed by atoms with E-state index in [0.29, 0.717) is 5.75 Å². The van der Waals surface area contributed by atoms with Crippen molar-refractivity contribution in [3.8, 4) is 5.75 Å². The van der Waals surface area contributed by atoms with E-state index in [1.54, 1.807) is 24.3 Å². The second-order valence-corrected chi connectivity index (χ2v) is 2.38. The van der Waals surface area contributed by atoms with Crippen LogP contribution in [-0.4, -0.2) is 12.1 Å². The first-order chi connectivity index (χ1) is 5.70. The predicted molar refractivity (Wildman–Crippen MR) is 42.6 cm³/mol. The van der Waals surface area contributed by atoms with Crippen molar-refractivity contribution in [3.63, 3.8) is 0 Å². The second-order valence-electron chi connectivity index (χ2n) is 2.38. The minimum Gasteiger partial charge on any atom is -0.480 e. The topological polar surface area (TPSA) is 26.3 Å². The number of hydrogen-bond donors (Lipinski definition) is 0. The van der Waals surface area contributed by atoms with Crippen molar-refractivity contribution in [1.82, 2.24) is 0 Å². The average Bonchev–Trinajstić information content (AvgIpc) is 2.06. The van der Waals surface area contributed by atoms with Crippen molar-refractivity contribution in [2.75, 3.05) is 0 Å². The Hall–Kier alpha value is -1.38. The second kappa shape index (κ2) is 3.85. The molecular weight excluding hydrogens is 159 g/mol. The van der Waals surface area contributed by atoms with E-state index in [-0.39, 0.29) is 0 Å². The Morgan fingerprint density at radius 1 is 1.42 bits per heavy atom. The Kier molecular flexibility index (Phi) is 2.80. The summed E-state index contributed by atoms with van der Waals surface area (Å²) in [4.78, 5) is 10.2. The summed E-state index contributed by atoms with van der Waals surface area (Å²) in [5.74, 6) is 0.496. The highest BCUT2D eigenvalue weighted by Gasteiger charge is 2.12. The van der Waals surface area contributed by atoms with Crippen molar-refractivity contribution in [2.45, 2.75) is 13.0 Å². The van der Waals surface area contributed by atoms with Gasteiger partial charge in [0.2, 0.25) is 0 Å². The van der Waals surface area contributed by atoms with Gasteiger partial charge in [0.05, 0.1) is 0 Å². The Balaban J connectivity index is 2.58. The van der Waals surface area contributed by atoms with Gasteiger partial charge in [-0.1, -0.05) is 18.2 Å². The van der Waals surface area contributed by atoms with E-state index < -0.39 is 12.1 Å². The zero-order valence-electron chi connectivity index (χ0n) is 6.66. The number of para-hydroxylation sites is 1. The zero-order valence-corrected chi connectivity index (χ0v) is 6.66. The van der Waals surface area contributed by atoms with Crippen LogP contribution >= 0.6 is 0 Å². The van der Waals surface area contributed by atoms with Crippen LogP contribution in [0.2, 0.25) is 0 Å². The fourth-order valence-corrected chi connectivity index (χ4v) is 0.750. The van der Waals surface area contributed by atoms with E-state index in [1.165, 1.54) is 6.92 Å². The van der Waals surface area contributed by atoms with Gasteiger partial charge in [-0.05, 0) is 19.1 Å². The van der Waals surface area contributed by atoms with Gasteiger partial charge in [-0.15, -0.1) is 0 Å². The van der Waals surface area contributed by atoms with Crippen molar-refractivity contribution >= 4 is 6.04 Å². The van der Waals surface area contributed by atoms with Gasteiger partial charge < -0.3 is 4.74 Å². The van der Waals surface area contributed by atoms with Crippen molar-refractivity contribution in [2.24, 2.45) is 0 Å². The fourth-order valence-electron chi connectivity index (χ4n) is 0.750. The molecule has 12 heavy (non-hydrogen) atoms. The van der Waals surface area contributed by atoms with Crippen LogP contribution in [0.15, 0.2) is 30.3 Å². The average molecular weight is 168 g/mol. The number of benzene rings is 1. The van der Waals surface area contributed by atoms with Gasteiger partial charge in [0.25, 0.3) is 0 Å². The summed E-state index contributed by atoms with van der Waals surface area (Å²) in [7, 11) is 0. The summed E-state index contributed by atoms with van der Waals surface area (Å²) in [6.45, 7) is 1.37. The smallest absolute Gasteiger partial charge is 0.341 e. The number of rotatable bonds is 3. The summed E-state index contributed by atoms with van der Waals surface area (Å²) in [6.07, 6.45) is -1.02. The monoisotopic (exact) mass is 168 g/mol. The SMILES string of the molecule is CC(Oc1ccccc1)C(=O)F. The number of carbonyl (C=O) groups is 1. The van der Waals surface area contributed by atoms with E-state index in [4.69, 9.17) is 4.74 Å². The lowest BCUT2D eigenvalue weighted by Crippen LogP contribution is -2.19. The molecule has 0 saturated heterocycles. The van der Waals surface area contributed by atoms with Crippen LogP contribution in [0.1, 0.15) is 6.92 Å². The molecule has 0 aliphatic heterocycles. The summed E-state index contributed by atoms with van der Waals surface area (Å²) in [6, 6.07) is 7.20. The molecule has 0 N–H and O–H groups in total. The van der Waals surface area contributed by atoms with Crippen LogP contribution in [0.5, 0.6) is 5.75 Å². The van der Waals surface area contributed by atoms with E-state index in [0.717, 1.165) is 0 Å². The minimum absolute atomic E-state index is 0.496. The molecule has 0 bridgehead atoms. The first-order valence-electron chi connectivity index (χ1n) is 3.61. The molecule has 0 fully saturated rings. The summed E-state index contributed by atoms with van der Waals surface area (Å²) >= 11 is 0. The van der Waals surface area contributed by atoms with Crippen LogP contribution < -0.4 is 4.74 Å².